The molecule has 2 amide bonds. The summed E-state index contributed by atoms with van der Waals surface area (Å²) < 4.78 is 1.90. The fourth-order valence-electron chi connectivity index (χ4n) is 4.26. The van der Waals surface area contributed by atoms with Crippen molar-refractivity contribution in [2.24, 2.45) is 13.0 Å². The fraction of sp³-hybridized carbons (Fsp3) is 0.450. The van der Waals surface area contributed by atoms with Crippen molar-refractivity contribution in [2.45, 2.75) is 44.7 Å². The van der Waals surface area contributed by atoms with Crippen LogP contribution in [0.4, 0.5) is 5.69 Å². The second kappa shape index (κ2) is 6.68. The van der Waals surface area contributed by atoms with Crippen molar-refractivity contribution in [3.63, 3.8) is 0 Å². The third-order valence-corrected chi connectivity index (χ3v) is 5.91. The van der Waals surface area contributed by atoms with Crippen molar-refractivity contribution >= 4 is 28.5 Å². The summed E-state index contributed by atoms with van der Waals surface area (Å²) in [5.41, 5.74) is 2.15. The molecule has 2 fully saturated rings. The molecule has 2 aliphatic rings. The molecule has 0 spiro atoms. The first-order valence-electron chi connectivity index (χ1n) is 9.93. The molecule has 2 atom stereocenters. The minimum Gasteiger partial charge on any atom is -0.336 e. The highest BCUT2D eigenvalue weighted by Gasteiger charge is 2.48. The van der Waals surface area contributed by atoms with E-state index < -0.39 is 0 Å². The van der Waals surface area contributed by atoms with Gasteiger partial charge in [0, 0.05) is 43.0 Å². The van der Waals surface area contributed by atoms with E-state index in [1.165, 1.54) is 0 Å². The number of carbonyl (C=O) groups excluding carboxylic acids is 2. The summed E-state index contributed by atoms with van der Waals surface area (Å²) in [4.78, 5) is 36.7. The van der Waals surface area contributed by atoms with Crippen molar-refractivity contribution in [2.75, 3.05) is 5.32 Å². The van der Waals surface area contributed by atoms with Gasteiger partial charge in [0.1, 0.15) is 11.9 Å². The average Bonchev–Trinajstić information content (AvgIpc) is 3.35. The van der Waals surface area contributed by atoms with Crippen LogP contribution in [0.3, 0.4) is 0 Å². The molecular weight excluding hydrogens is 370 g/mol. The number of nitrogens with zero attached hydrogens (tertiary/aromatic N) is 5. The fourth-order valence-corrected chi connectivity index (χ4v) is 4.26. The van der Waals surface area contributed by atoms with Gasteiger partial charge in [0.2, 0.25) is 11.8 Å². The molecule has 9 heteroatoms. The van der Waals surface area contributed by atoms with E-state index in [-0.39, 0.29) is 29.8 Å². The Balaban J connectivity index is 1.46. The Morgan fingerprint density at radius 3 is 2.83 bits per heavy atom. The lowest BCUT2D eigenvalue weighted by atomic mass is 9.86. The predicted octanol–water partition coefficient (Wildman–Crippen LogP) is 2.08. The van der Waals surface area contributed by atoms with Gasteiger partial charge in [-0.3, -0.25) is 14.7 Å². The molecular formula is C20H23N7O2. The molecule has 5 rings (SSSR count). The van der Waals surface area contributed by atoms with Crippen molar-refractivity contribution in [3.05, 3.63) is 36.2 Å². The van der Waals surface area contributed by atoms with E-state index in [1.807, 2.05) is 35.7 Å². The first-order valence-corrected chi connectivity index (χ1v) is 9.93. The van der Waals surface area contributed by atoms with Gasteiger partial charge >= 0.3 is 0 Å². The summed E-state index contributed by atoms with van der Waals surface area (Å²) in [6.45, 7) is 1.92. The maximum Gasteiger partial charge on any atom is 0.230 e. The number of likely N-dealkylation sites (tertiary alicyclic amines) is 1. The number of anilines is 1. The number of nitrogens with one attached hydrogen (secondary N) is 2. The summed E-state index contributed by atoms with van der Waals surface area (Å²) >= 11 is 0. The van der Waals surface area contributed by atoms with Gasteiger partial charge in [0.05, 0.1) is 17.8 Å². The maximum atomic E-state index is 13.3. The number of piperidine rings is 1. The number of H-pyrrole nitrogens is 1. The van der Waals surface area contributed by atoms with E-state index in [0.29, 0.717) is 24.2 Å². The average molecular weight is 393 g/mol. The number of pyridine rings is 1. The Hall–Kier alpha value is -3.23. The van der Waals surface area contributed by atoms with E-state index in [0.717, 1.165) is 29.7 Å². The van der Waals surface area contributed by atoms with Crippen LogP contribution in [-0.2, 0) is 16.6 Å². The number of hydrogen-bond donors (Lipinski definition) is 2. The third-order valence-electron chi connectivity index (χ3n) is 5.91. The lowest BCUT2D eigenvalue weighted by molar-refractivity contribution is -0.143. The quantitative estimate of drug-likeness (QED) is 0.705. The first kappa shape index (κ1) is 17.8. The lowest BCUT2D eigenvalue weighted by Crippen LogP contribution is -2.48. The van der Waals surface area contributed by atoms with Crippen molar-refractivity contribution in [1.29, 1.82) is 0 Å². The smallest absolute Gasteiger partial charge is 0.230 e. The number of hydrogen-bond acceptors (Lipinski definition) is 5. The van der Waals surface area contributed by atoms with Crippen LogP contribution >= 0.6 is 0 Å². The van der Waals surface area contributed by atoms with Gasteiger partial charge in [0.15, 0.2) is 5.65 Å². The van der Waals surface area contributed by atoms with Crippen LogP contribution in [-0.4, -0.2) is 47.5 Å². The minimum absolute atomic E-state index is 0.113. The van der Waals surface area contributed by atoms with Crippen LogP contribution in [0.1, 0.15) is 43.2 Å². The van der Waals surface area contributed by atoms with Gasteiger partial charge in [-0.1, -0.05) is 0 Å². The molecule has 0 unspecified atom stereocenters. The first-order chi connectivity index (χ1) is 14.0. The molecule has 1 saturated heterocycles. The SMILES string of the molecule is Cc1[nH]nc2ncc(NC(=O)[C@H]3CCC(=O)N(C4CC4)[C@@H]3c3nccn3C)cc12. The van der Waals surface area contributed by atoms with E-state index in [4.69, 9.17) is 0 Å². The monoisotopic (exact) mass is 393 g/mol. The third kappa shape index (κ3) is 3.06. The highest BCUT2D eigenvalue weighted by atomic mass is 16.2. The van der Waals surface area contributed by atoms with Crippen LogP contribution in [0.15, 0.2) is 24.7 Å². The summed E-state index contributed by atoms with van der Waals surface area (Å²) in [5, 5.41) is 10.9. The van der Waals surface area contributed by atoms with E-state index in [9.17, 15) is 9.59 Å². The zero-order valence-electron chi connectivity index (χ0n) is 16.4. The molecule has 1 aliphatic carbocycles. The van der Waals surface area contributed by atoms with Gasteiger partial charge in [-0.05, 0) is 32.3 Å². The van der Waals surface area contributed by atoms with E-state index >= 15 is 0 Å². The molecule has 3 aromatic rings. The largest absolute Gasteiger partial charge is 0.336 e. The number of amides is 2. The minimum atomic E-state index is -0.365. The van der Waals surface area contributed by atoms with Crippen LogP contribution in [0.5, 0.6) is 0 Å². The topological polar surface area (TPSA) is 109 Å². The molecule has 0 aromatic carbocycles. The van der Waals surface area contributed by atoms with E-state index in [1.54, 1.807) is 12.4 Å². The Labute approximate surface area is 167 Å². The summed E-state index contributed by atoms with van der Waals surface area (Å²) in [5.74, 6) is 0.389. The number of aromatic nitrogens is 5. The predicted molar refractivity (Wildman–Crippen MR) is 106 cm³/mol. The summed E-state index contributed by atoms with van der Waals surface area (Å²) in [6.07, 6.45) is 8.05. The van der Waals surface area contributed by atoms with Crippen LogP contribution in [0.25, 0.3) is 11.0 Å². The van der Waals surface area contributed by atoms with Gasteiger partial charge in [-0.25, -0.2) is 9.97 Å². The highest BCUT2D eigenvalue weighted by Crippen LogP contribution is 2.43. The normalized spacial score (nSPS) is 22.3. The molecule has 1 aliphatic heterocycles. The molecule has 9 nitrogen and oxygen atoms in total. The molecule has 0 bridgehead atoms. The molecule has 4 heterocycles. The number of fused-ring (bicyclic) bond motifs is 1. The lowest BCUT2D eigenvalue weighted by Gasteiger charge is -2.40. The van der Waals surface area contributed by atoms with Gasteiger partial charge < -0.3 is 14.8 Å². The van der Waals surface area contributed by atoms with Crippen molar-refractivity contribution in [1.82, 2.24) is 29.6 Å². The second-order valence-corrected chi connectivity index (χ2v) is 7.95. The second-order valence-electron chi connectivity index (χ2n) is 7.95. The molecule has 3 aromatic heterocycles. The maximum absolute atomic E-state index is 13.3. The van der Waals surface area contributed by atoms with E-state index in [2.05, 4.69) is 25.5 Å². The number of carbonyl (C=O) groups is 2. The van der Waals surface area contributed by atoms with Gasteiger partial charge in [0.25, 0.3) is 0 Å². The Bertz CT molecular complexity index is 1100. The summed E-state index contributed by atoms with van der Waals surface area (Å²) in [7, 11) is 1.90. The van der Waals surface area contributed by atoms with Crippen LogP contribution in [0, 0.1) is 12.8 Å². The Kier molecular flexibility index (Phi) is 4.11. The van der Waals surface area contributed by atoms with Crippen LogP contribution in [0.2, 0.25) is 0 Å². The molecule has 29 heavy (non-hydrogen) atoms. The Morgan fingerprint density at radius 1 is 1.28 bits per heavy atom. The molecule has 1 saturated carbocycles. The zero-order valence-corrected chi connectivity index (χ0v) is 16.4. The number of imidazole rings is 1. The number of aryl methyl sites for hydroxylation is 2. The van der Waals surface area contributed by atoms with Crippen LogP contribution < -0.4 is 5.32 Å². The number of rotatable bonds is 4. The highest BCUT2D eigenvalue weighted by molar-refractivity contribution is 5.96. The zero-order chi connectivity index (χ0) is 20.1. The van der Waals surface area contributed by atoms with Gasteiger partial charge in [-0.2, -0.15) is 5.10 Å². The molecule has 0 radical (unpaired) electrons. The molecule has 2 N–H and O–H groups in total. The molecule has 150 valence electrons. The summed E-state index contributed by atoms with van der Waals surface area (Å²) in [6, 6.07) is 1.74. The van der Waals surface area contributed by atoms with Gasteiger partial charge in [-0.15, -0.1) is 0 Å². The standard InChI is InChI=1S/C20H23N7O2/c1-11-15-9-12(10-22-18(15)25-24-11)23-20(29)14-5-6-16(28)27(13-3-4-13)17(14)19-21-7-8-26(19)2/h7-10,13-14,17H,3-6H2,1-2H3,(H,23,29)(H,22,24,25)/t14-,17-/m0/s1. The van der Waals surface area contributed by atoms with Crippen molar-refractivity contribution < 1.29 is 9.59 Å². The number of aromatic amines is 1. The Morgan fingerprint density at radius 2 is 2.10 bits per heavy atom. The van der Waals surface area contributed by atoms with Crippen molar-refractivity contribution in [3.8, 4) is 0 Å².